The standard InChI is InChI=1S/C17H34O4.C14H8Cl2O4/c1-13-10-16(8,9)12-17(11-13,20-18-14(2,3)4)21-19-15(5,6)7;15-11-5-1-9(2-6-11)13(17)19-20-14(18)10-3-7-12(16)8-4-10/h13H,10-12H2,1-9H3;1-8H. The highest BCUT2D eigenvalue weighted by molar-refractivity contribution is 6.31. The minimum Gasteiger partial charge on any atom is -0.242 e. The molecular formula is C31H42Cl2O8. The van der Waals surface area contributed by atoms with Gasteiger partial charge >= 0.3 is 11.9 Å². The maximum atomic E-state index is 11.6. The molecule has 2 aromatic carbocycles. The van der Waals surface area contributed by atoms with Crippen molar-refractivity contribution in [3.63, 3.8) is 0 Å². The Kier molecular flexibility index (Phi) is 12.2. The van der Waals surface area contributed by atoms with Crippen molar-refractivity contribution in [3.8, 4) is 0 Å². The Balaban J connectivity index is 0.000000287. The van der Waals surface area contributed by atoms with Gasteiger partial charge in [-0.2, -0.15) is 9.78 Å². The Hall–Kier alpha value is -2.20. The van der Waals surface area contributed by atoms with E-state index in [1.165, 1.54) is 48.5 Å². The third-order valence-electron chi connectivity index (χ3n) is 5.55. The molecule has 1 unspecified atom stereocenters. The molecule has 1 fully saturated rings. The molecule has 0 aliphatic heterocycles. The SMILES string of the molecule is CC1CC(C)(C)CC(OOC(C)(C)C)(OOC(C)(C)C)C1.O=C(OOC(=O)c1ccc(Cl)cc1)c1ccc(Cl)cc1. The molecule has 1 atom stereocenters. The molecule has 0 spiro atoms. The topological polar surface area (TPSA) is 89.5 Å². The van der Waals surface area contributed by atoms with Gasteiger partial charge in [0.1, 0.15) is 0 Å². The number of halogens is 2. The van der Waals surface area contributed by atoms with Crippen LogP contribution in [0.15, 0.2) is 48.5 Å². The average Bonchev–Trinajstić information content (AvgIpc) is 2.84. The van der Waals surface area contributed by atoms with Gasteiger partial charge in [-0.15, -0.1) is 0 Å². The molecule has 1 saturated carbocycles. The van der Waals surface area contributed by atoms with Crippen molar-refractivity contribution >= 4 is 35.1 Å². The van der Waals surface area contributed by atoms with Gasteiger partial charge in [-0.25, -0.2) is 29.1 Å². The van der Waals surface area contributed by atoms with Crippen molar-refractivity contribution in [1.29, 1.82) is 0 Å². The summed E-state index contributed by atoms with van der Waals surface area (Å²) in [5.41, 5.74) is -0.206. The Bertz CT molecular complexity index is 1060. The highest BCUT2D eigenvalue weighted by atomic mass is 35.5. The molecule has 0 bridgehead atoms. The van der Waals surface area contributed by atoms with E-state index in [0.29, 0.717) is 16.0 Å². The zero-order valence-electron chi connectivity index (χ0n) is 25.3. The maximum Gasteiger partial charge on any atom is 0.386 e. The van der Waals surface area contributed by atoms with Gasteiger partial charge in [-0.05, 0) is 108 Å². The molecule has 1 aliphatic carbocycles. The molecule has 8 nitrogen and oxygen atoms in total. The van der Waals surface area contributed by atoms with E-state index in [0.717, 1.165) is 19.3 Å². The molecule has 0 saturated heterocycles. The van der Waals surface area contributed by atoms with Gasteiger partial charge in [0.25, 0.3) is 0 Å². The van der Waals surface area contributed by atoms with Crippen LogP contribution in [0.3, 0.4) is 0 Å². The molecule has 1 aliphatic rings. The number of carbonyl (C=O) groups excluding carboxylic acids is 2. The lowest BCUT2D eigenvalue weighted by Gasteiger charge is -2.46. The number of hydrogen-bond donors (Lipinski definition) is 0. The summed E-state index contributed by atoms with van der Waals surface area (Å²) in [6.45, 7) is 18.5. The monoisotopic (exact) mass is 612 g/mol. The van der Waals surface area contributed by atoms with E-state index in [1.807, 2.05) is 41.5 Å². The molecule has 10 heteroatoms. The van der Waals surface area contributed by atoms with Gasteiger partial charge in [-0.3, -0.25) is 0 Å². The van der Waals surface area contributed by atoms with E-state index in [4.69, 9.17) is 42.8 Å². The zero-order chi connectivity index (χ0) is 31.1. The molecule has 3 rings (SSSR count). The Morgan fingerprint density at radius 1 is 0.707 bits per heavy atom. The zero-order valence-corrected chi connectivity index (χ0v) is 26.9. The first kappa shape index (κ1) is 35.0. The first-order chi connectivity index (χ1) is 18.8. The Morgan fingerprint density at radius 2 is 1.07 bits per heavy atom. The summed E-state index contributed by atoms with van der Waals surface area (Å²) in [6.07, 6.45) is 2.66. The van der Waals surface area contributed by atoms with E-state index in [1.54, 1.807) is 0 Å². The van der Waals surface area contributed by atoms with Crippen LogP contribution in [0.1, 0.15) is 102 Å². The van der Waals surface area contributed by atoms with E-state index < -0.39 is 17.7 Å². The number of hydrogen-bond acceptors (Lipinski definition) is 8. The van der Waals surface area contributed by atoms with Crippen LogP contribution >= 0.6 is 23.2 Å². The normalized spacial score (nSPS) is 18.1. The van der Waals surface area contributed by atoms with Crippen LogP contribution in [0.25, 0.3) is 0 Å². The number of benzene rings is 2. The molecule has 0 N–H and O–H groups in total. The number of carbonyl (C=O) groups is 2. The van der Waals surface area contributed by atoms with Gasteiger partial charge < -0.3 is 0 Å². The highest BCUT2D eigenvalue weighted by Gasteiger charge is 2.48. The Morgan fingerprint density at radius 3 is 1.39 bits per heavy atom. The van der Waals surface area contributed by atoms with Crippen LogP contribution in [0.2, 0.25) is 10.0 Å². The second-order valence-corrected chi connectivity index (χ2v) is 14.0. The van der Waals surface area contributed by atoms with Gasteiger partial charge in [0.15, 0.2) is 0 Å². The van der Waals surface area contributed by atoms with Crippen molar-refractivity contribution in [2.75, 3.05) is 0 Å². The minimum absolute atomic E-state index is 0.125. The third kappa shape index (κ3) is 13.1. The molecule has 0 heterocycles. The number of rotatable bonds is 6. The Labute approximate surface area is 253 Å². The van der Waals surface area contributed by atoms with Gasteiger partial charge in [0, 0.05) is 22.9 Å². The predicted molar refractivity (Wildman–Crippen MR) is 157 cm³/mol. The van der Waals surface area contributed by atoms with Crippen molar-refractivity contribution in [2.24, 2.45) is 11.3 Å². The largest absolute Gasteiger partial charge is 0.386 e. The summed E-state index contributed by atoms with van der Waals surface area (Å²) in [5.74, 6) is -1.93. The second kappa shape index (κ2) is 14.3. The third-order valence-corrected chi connectivity index (χ3v) is 6.05. The average molecular weight is 614 g/mol. The summed E-state index contributed by atoms with van der Waals surface area (Å²) >= 11 is 11.4. The summed E-state index contributed by atoms with van der Waals surface area (Å²) in [6, 6.07) is 11.9. The maximum absolute atomic E-state index is 11.6. The van der Waals surface area contributed by atoms with Gasteiger partial charge in [0.05, 0.1) is 22.3 Å². The second-order valence-electron chi connectivity index (χ2n) is 13.1. The fourth-order valence-electron chi connectivity index (χ4n) is 4.31. The van der Waals surface area contributed by atoms with Crippen molar-refractivity contribution in [3.05, 3.63) is 69.7 Å². The van der Waals surface area contributed by atoms with Crippen LogP contribution in [-0.2, 0) is 29.3 Å². The smallest absolute Gasteiger partial charge is 0.242 e. The van der Waals surface area contributed by atoms with Crippen LogP contribution in [-0.4, -0.2) is 28.9 Å². The molecule has 0 radical (unpaired) electrons. The quantitative estimate of drug-likeness (QED) is 0.181. The predicted octanol–water partition coefficient (Wildman–Crippen LogP) is 8.94. The summed E-state index contributed by atoms with van der Waals surface area (Å²) < 4.78 is 0. The van der Waals surface area contributed by atoms with Crippen LogP contribution in [0.5, 0.6) is 0 Å². The van der Waals surface area contributed by atoms with Crippen LogP contribution < -0.4 is 0 Å². The van der Waals surface area contributed by atoms with Crippen LogP contribution in [0.4, 0.5) is 0 Å². The molecule has 0 aromatic heterocycles. The van der Waals surface area contributed by atoms with E-state index in [-0.39, 0.29) is 27.7 Å². The van der Waals surface area contributed by atoms with E-state index >= 15 is 0 Å². The molecule has 41 heavy (non-hydrogen) atoms. The first-order valence-electron chi connectivity index (χ1n) is 13.5. The van der Waals surface area contributed by atoms with E-state index in [2.05, 4.69) is 30.5 Å². The van der Waals surface area contributed by atoms with Gasteiger partial charge in [0.2, 0.25) is 5.79 Å². The minimum atomic E-state index is -0.846. The van der Waals surface area contributed by atoms with Crippen LogP contribution in [0, 0.1) is 11.3 Å². The molecule has 0 amide bonds. The summed E-state index contributed by atoms with van der Waals surface area (Å²) in [4.78, 5) is 54.8. The van der Waals surface area contributed by atoms with Crippen molar-refractivity contribution < 1.29 is 38.9 Å². The lowest BCUT2D eigenvalue weighted by molar-refractivity contribution is -0.551. The molecule has 228 valence electrons. The summed E-state index contributed by atoms with van der Waals surface area (Å²) in [5, 5.41) is 0.972. The fourth-order valence-corrected chi connectivity index (χ4v) is 4.56. The highest BCUT2D eigenvalue weighted by Crippen LogP contribution is 2.47. The molecule has 2 aromatic rings. The fraction of sp³-hybridized carbons (Fsp3) is 0.548. The lowest BCUT2D eigenvalue weighted by Crippen LogP contribution is -2.48. The molecular weight excluding hydrogens is 571 g/mol. The van der Waals surface area contributed by atoms with Crippen molar-refractivity contribution in [1.82, 2.24) is 0 Å². The lowest BCUT2D eigenvalue weighted by atomic mass is 9.70. The first-order valence-corrected chi connectivity index (χ1v) is 14.2. The summed E-state index contributed by atoms with van der Waals surface area (Å²) in [7, 11) is 0. The van der Waals surface area contributed by atoms with E-state index in [9.17, 15) is 9.59 Å². The van der Waals surface area contributed by atoms with Gasteiger partial charge in [-0.1, -0.05) is 44.0 Å². The van der Waals surface area contributed by atoms with Crippen molar-refractivity contribution in [2.45, 2.75) is 98.6 Å².